The van der Waals surface area contributed by atoms with Crippen molar-refractivity contribution in [3.8, 4) is 17.2 Å². The van der Waals surface area contributed by atoms with Gasteiger partial charge in [-0.25, -0.2) is 0 Å². The molecule has 1 rings (SSSR count). The molecule has 0 bridgehead atoms. The van der Waals surface area contributed by atoms with E-state index in [0.29, 0.717) is 23.9 Å². The Bertz CT molecular complexity index is 358. The monoisotopic (exact) mass is 281 g/mol. The Kier molecular flexibility index (Phi) is 7.88. The van der Waals surface area contributed by atoms with Gasteiger partial charge in [0, 0.05) is 6.54 Å². The van der Waals surface area contributed by atoms with Crippen molar-refractivity contribution in [1.82, 2.24) is 5.32 Å². The van der Waals surface area contributed by atoms with Gasteiger partial charge in [0.1, 0.15) is 6.61 Å². The summed E-state index contributed by atoms with van der Waals surface area (Å²) in [6, 6.07) is 5.62. The van der Waals surface area contributed by atoms with Crippen molar-refractivity contribution >= 4 is 0 Å². The van der Waals surface area contributed by atoms with Crippen molar-refractivity contribution in [2.75, 3.05) is 33.9 Å². The van der Waals surface area contributed by atoms with Crippen LogP contribution in [0, 0.1) is 5.92 Å². The molecule has 0 unspecified atom stereocenters. The molecule has 114 valence electrons. The van der Waals surface area contributed by atoms with Gasteiger partial charge in [-0.2, -0.15) is 0 Å². The van der Waals surface area contributed by atoms with Gasteiger partial charge >= 0.3 is 0 Å². The molecule has 0 aliphatic heterocycles. The molecule has 1 aromatic rings. The van der Waals surface area contributed by atoms with E-state index in [1.165, 1.54) is 12.8 Å². The van der Waals surface area contributed by atoms with Gasteiger partial charge in [0.25, 0.3) is 0 Å². The second-order valence-electron chi connectivity index (χ2n) is 5.13. The van der Waals surface area contributed by atoms with Gasteiger partial charge in [0.05, 0.1) is 14.2 Å². The molecule has 0 radical (unpaired) electrons. The fourth-order valence-electron chi connectivity index (χ4n) is 1.95. The largest absolute Gasteiger partial charge is 0.493 e. The van der Waals surface area contributed by atoms with Crippen molar-refractivity contribution in [3.05, 3.63) is 18.2 Å². The second kappa shape index (κ2) is 9.48. The maximum Gasteiger partial charge on any atom is 0.203 e. The number of nitrogens with one attached hydrogen (secondary N) is 1. The number of hydrogen-bond acceptors (Lipinski definition) is 4. The topological polar surface area (TPSA) is 39.7 Å². The number of ether oxygens (including phenoxy) is 3. The van der Waals surface area contributed by atoms with Crippen LogP contribution in [0.3, 0.4) is 0 Å². The van der Waals surface area contributed by atoms with E-state index in [1.807, 2.05) is 18.2 Å². The fraction of sp³-hybridized carbons (Fsp3) is 0.625. The smallest absolute Gasteiger partial charge is 0.203 e. The number of rotatable bonds is 10. The second-order valence-corrected chi connectivity index (χ2v) is 5.13. The van der Waals surface area contributed by atoms with E-state index in [0.717, 1.165) is 19.0 Å². The van der Waals surface area contributed by atoms with E-state index in [1.54, 1.807) is 14.2 Å². The lowest BCUT2D eigenvalue weighted by molar-refractivity contribution is 0.273. The number of methoxy groups -OCH3 is 2. The zero-order valence-electron chi connectivity index (χ0n) is 13.1. The highest BCUT2D eigenvalue weighted by Gasteiger charge is 2.10. The Morgan fingerprint density at radius 3 is 2.25 bits per heavy atom. The van der Waals surface area contributed by atoms with E-state index in [4.69, 9.17) is 14.2 Å². The summed E-state index contributed by atoms with van der Waals surface area (Å²) in [6.45, 7) is 6.94. The third-order valence-electron chi connectivity index (χ3n) is 3.04. The predicted octanol–water partition coefficient (Wildman–Crippen LogP) is 3.11. The molecule has 4 heteroatoms. The Balaban J connectivity index is 2.31. The predicted molar refractivity (Wildman–Crippen MR) is 82.0 cm³/mol. The highest BCUT2D eigenvalue weighted by molar-refractivity contribution is 5.51. The van der Waals surface area contributed by atoms with Gasteiger partial charge in [-0.05, 0) is 37.4 Å². The van der Waals surface area contributed by atoms with Gasteiger partial charge in [-0.1, -0.05) is 19.9 Å². The quantitative estimate of drug-likeness (QED) is 0.669. The Labute approximate surface area is 122 Å². The van der Waals surface area contributed by atoms with Crippen LogP contribution in [0.1, 0.15) is 26.7 Å². The molecule has 1 aromatic carbocycles. The summed E-state index contributed by atoms with van der Waals surface area (Å²) >= 11 is 0. The lowest BCUT2D eigenvalue weighted by atomic mass is 10.1. The van der Waals surface area contributed by atoms with E-state index >= 15 is 0 Å². The molecule has 0 aromatic heterocycles. The van der Waals surface area contributed by atoms with Gasteiger partial charge in [0.15, 0.2) is 11.5 Å². The zero-order chi connectivity index (χ0) is 14.8. The highest BCUT2D eigenvalue weighted by atomic mass is 16.5. The van der Waals surface area contributed by atoms with Crippen LogP contribution >= 0.6 is 0 Å². The van der Waals surface area contributed by atoms with Crippen LogP contribution in [-0.2, 0) is 0 Å². The summed E-state index contributed by atoms with van der Waals surface area (Å²) in [5, 5.41) is 3.38. The average molecular weight is 281 g/mol. The number of para-hydroxylation sites is 1. The van der Waals surface area contributed by atoms with E-state index in [9.17, 15) is 0 Å². The molecular formula is C16H27NO3. The van der Waals surface area contributed by atoms with Crippen molar-refractivity contribution in [3.63, 3.8) is 0 Å². The molecule has 0 spiro atoms. The van der Waals surface area contributed by atoms with Crippen molar-refractivity contribution in [2.24, 2.45) is 5.92 Å². The lowest BCUT2D eigenvalue weighted by Crippen LogP contribution is -2.22. The standard InChI is InChI=1S/C16H27NO3/c1-13(2)7-6-10-17-11-12-20-16-14(18-3)8-5-9-15(16)19-4/h5,8-9,13,17H,6-7,10-12H2,1-4H3. The van der Waals surface area contributed by atoms with E-state index in [-0.39, 0.29) is 0 Å². The van der Waals surface area contributed by atoms with E-state index < -0.39 is 0 Å². The first-order valence-corrected chi connectivity index (χ1v) is 7.23. The summed E-state index contributed by atoms with van der Waals surface area (Å²) in [6.07, 6.45) is 2.46. The minimum Gasteiger partial charge on any atom is -0.493 e. The average Bonchev–Trinajstić information content (AvgIpc) is 2.45. The maximum absolute atomic E-state index is 5.77. The molecule has 0 aliphatic carbocycles. The first kappa shape index (κ1) is 16.6. The summed E-state index contributed by atoms with van der Waals surface area (Å²) < 4.78 is 16.3. The normalized spacial score (nSPS) is 10.7. The molecular weight excluding hydrogens is 254 g/mol. The van der Waals surface area contributed by atoms with Gasteiger partial charge in [-0.15, -0.1) is 0 Å². The minimum atomic E-state index is 0.596. The SMILES string of the molecule is COc1cccc(OC)c1OCCNCCCC(C)C. The van der Waals surface area contributed by atoms with Crippen LogP contribution in [0.4, 0.5) is 0 Å². The molecule has 0 saturated carbocycles. The van der Waals surface area contributed by atoms with Crippen molar-refractivity contribution < 1.29 is 14.2 Å². The lowest BCUT2D eigenvalue weighted by Gasteiger charge is -2.14. The van der Waals surface area contributed by atoms with E-state index in [2.05, 4.69) is 19.2 Å². The third-order valence-corrected chi connectivity index (χ3v) is 3.04. The van der Waals surface area contributed by atoms with Gasteiger partial charge in [-0.3, -0.25) is 0 Å². The third kappa shape index (κ3) is 5.70. The molecule has 0 amide bonds. The van der Waals surface area contributed by atoms with Crippen LogP contribution < -0.4 is 19.5 Å². The summed E-state index contributed by atoms with van der Waals surface area (Å²) in [4.78, 5) is 0. The molecule has 20 heavy (non-hydrogen) atoms. The van der Waals surface area contributed by atoms with Crippen molar-refractivity contribution in [1.29, 1.82) is 0 Å². The van der Waals surface area contributed by atoms with Crippen molar-refractivity contribution in [2.45, 2.75) is 26.7 Å². The Morgan fingerprint density at radius 2 is 1.70 bits per heavy atom. The Hall–Kier alpha value is -1.42. The highest BCUT2D eigenvalue weighted by Crippen LogP contribution is 2.36. The molecule has 1 N–H and O–H groups in total. The van der Waals surface area contributed by atoms with Crippen LogP contribution in [0.25, 0.3) is 0 Å². The summed E-state index contributed by atoms with van der Waals surface area (Å²) in [5.41, 5.74) is 0. The zero-order valence-corrected chi connectivity index (χ0v) is 13.1. The molecule has 4 nitrogen and oxygen atoms in total. The van der Waals surface area contributed by atoms with Crippen LogP contribution in [0.15, 0.2) is 18.2 Å². The first-order valence-electron chi connectivity index (χ1n) is 7.23. The van der Waals surface area contributed by atoms with Crippen LogP contribution in [0.5, 0.6) is 17.2 Å². The minimum absolute atomic E-state index is 0.596. The van der Waals surface area contributed by atoms with Crippen LogP contribution in [-0.4, -0.2) is 33.9 Å². The summed E-state index contributed by atoms with van der Waals surface area (Å²) in [7, 11) is 3.26. The Morgan fingerprint density at radius 1 is 1.05 bits per heavy atom. The van der Waals surface area contributed by atoms with Crippen LogP contribution in [0.2, 0.25) is 0 Å². The number of hydrogen-bond donors (Lipinski definition) is 1. The molecule has 0 atom stereocenters. The first-order chi connectivity index (χ1) is 9.69. The molecule has 0 fully saturated rings. The summed E-state index contributed by atoms with van der Waals surface area (Å²) in [5.74, 6) is 2.83. The fourth-order valence-corrected chi connectivity index (χ4v) is 1.95. The molecule has 0 saturated heterocycles. The number of benzene rings is 1. The van der Waals surface area contributed by atoms with Gasteiger partial charge < -0.3 is 19.5 Å². The molecule has 0 heterocycles. The maximum atomic E-state index is 5.77. The van der Waals surface area contributed by atoms with Gasteiger partial charge in [0.2, 0.25) is 5.75 Å². The molecule has 0 aliphatic rings.